The van der Waals surface area contributed by atoms with Gasteiger partial charge in [0.1, 0.15) is 0 Å². The Morgan fingerprint density at radius 3 is 2.54 bits per heavy atom. The van der Waals surface area contributed by atoms with E-state index in [1.165, 1.54) is 7.11 Å². The highest BCUT2D eigenvalue weighted by Gasteiger charge is 2.00. The van der Waals surface area contributed by atoms with Gasteiger partial charge in [-0.05, 0) is 12.1 Å². The molecule has 0 amide bonds. The van der Waals surface area contributed by atoms with Crippen LogP contribution in [0.1, 0.15) is 5.56 Å². The van der Waals surface area contributed by atoms with Crippen LogP contribution >= 0.6 is 0 Å². The minimum atomic E-state index is -0.362. The van der Waals surface area contributed by atoms with Crippen molar-refractivity contribution < 1.29 is 9.76 Å². The molecule has 0 saturated carbocycles. The molecule has 0 heterocycles. The molecule has 70 valence electrons. The van der Waals surface area contributed by atoms with Crippen LogP contribution in [0, 0.1) is 10.1 Å². The minimum absolute atomic E-state index is 0.146. The smallest absolute Gasteiger partial charge is 0.228 e. The van der Waals surface area contributed by atoms with E-state index in [0.29, 0.717) is 5.56 Å². The highest BCUT2D eigenvalue weighted by Crippen LogP contribution is 2.09. The summed E-state index contributed by atoms with van der Waals surface area (Å²) >= 11 is 0. The number of nitrogens with zero attached hydrogens (tertiary/aromatic N) is 1. The molecule has 5 heteroatoms. The van der Waals surface area contributed by atoms with E-state index >= 15 is 0 Å². The molecule has 0 unspecified atom stereocenters. The van der Waals surface area contributed by atoms with E-state index in [4.69, 9.17) is 0 Å². The topological polar surface area (TPSA) is 64.4 Å². The molecule has 13 heavy (non-hydrogen) atoms. The van der Waals surface area contributed by atoms with Crippen molar-refractivity contribution in [3.05, 3.63) is 39.9 Å². The Morgan fingerprint density at radius 1 is 1.46 bits per heavy atom. The Balaban J connectivity index is 2.64. The van der Waals surface area contributed by atoms with Crippen LogP contribution in [0.25, 0.3) is 0 Å². The average molecular weight is 182 g/mol. The molecule has 0 spiro atoms. The summed E-state index contributed by atoms with van der Waals surface area (Å²) in [6.45, 7) is -0.146. The zero-order valence-corrected chi connectivity index (χ0v) is 7.19. The molecule has 1 N–H and O–H groups in total. The van der Waals surface area contributed by atoms with Crippen LogP contribution in [-0.2, 0) is 11.4 Å². The lowest BCUT2D eigenvalue weighted by atomic mass is 10.2. The van der Waals surface area contributed by atoms with Crippen molar-refractivity contribution in [2.75, 3.05) is 12.6 Å². The summed E-state index contributed by atoms with van der Waals surface area (Å²) in [6, 6.07) is 6.82. The molecule has 0 radical (unpaired) electrons. The zero-order valence-electron chi connectivity index (χ0n) is 7.19. The second kappa shape index (κ2) is 4.42. The molecule has 0 aromatic heterocycles. The molecular weight excluding hydrogens is 172 g/mol. The fourth-order valence-electron chi connectivity index (χ4n) is 0.945. The predicted molar refractivity (Wildman–Crippen MR) is 47.8 cm³/mol. The normalized spacial score (nSPS) is 9.62. The molecule has 0 aliphatic rings. The predicted octanol–water partition coefficient (Wildman–Crippen LogP) is 1.44. The quantitative estimate of drug-likeness (QED) is 0.565. The summed E-state index contributed by atoms with van der Waals surface area (Å²) in [5.41, 5.74) is 4.06. The number of hydrogen-bond donors (Lipinski definition) is 1. The summed E-state index contributed by atoms with van der Waals surface area (Å²) in [5.74, 6) is 0. The molecule has 1 aromatic carbocycles. The Kier molecular flexibility index (Phi) is 3.22. The summed E-state index contributed by atoms with van der Waals surface area (Å²) < 4.78 is 0. The van der Waals surface area contributed by atoms with Gasteiger partial charge in [-0.25, -0.2) is 0 Å². The van der Waals surface area contributed by atoms with E-state index in [2.05, 4.69) is 10.3 Å². The third-order valence-electron chi connectivity index (χ3n) is 1.49. The number of benzene rings is 1. The molecule has 0 atom stereocenters. The van der Waals surface area contributed by atoms with Gasteiger partial charge in [0.25, 0.3) is 0 Å². The van der Waals surface area contributed by atoms with Gasteiger partial charge >= 0.3 is 0 Å². The molecule has 0 aliphatic carbocycles. The first-order valence-corrected chi connectivity index (χ1v) is 3.72. The zero-order chi connectivity index (χ0) is 9.68. The summed E-state index contributed by atoms with van der Waals surface area (Å²) in [6.07, 6.45) is 0. The largest absolute Gasteiger partial charge is 0.279 e. The number of hydrogen-bond acceptors (Lipinski definition) is 4. The minimum Gasteiger partial charge on any atom is -0.279 e. The lowest BCUT2D eigenvalue weighted by molar-refractivity contribution is -0.496. The van der Waals surface area contributed by atoms with Crippen LogP contribution in [0.3, 0.4) is 0 Å². The molecule has 1 aromatic rings. The van der Waals surface area contributed by atoms with Crippen LogP contribution in [0.15, 0.2) is 24.3 Å². The maximum absolute atomic E-state index is 10.1. The third kappa shape index (κ3) is 3.08. The highest BCUT2D eigenvalue weighted by molar-refractivity contribution is 5.42. The summed E-state index contributed by atoms with van der Waals surface area (Å²) in [4.78, 5) is 14.4. The van der Waals surface area contributed by atoms with Gasteiger partial charge in [-0.2, -0.15) is 0 Å². The molecule has 0 fully saturated rings. The van der Waals surface area contributed by atoms with Gasteiger partial charge in [-0.1, -0.05) is 12.1 Å². The SMILES string of the molecule is CONc1ccc(C[N+](=O)[O-])cc1. The van der Waals surface area contributed by atoms with Gasteiger partial charge in [0.2, 0.25) is 6.54 Å². The third-order valence-corrected chi connectivity index (χ3v) is 1.49. The molecular formula is C8H10N2O3. The Morgan fingerprint density at radius 2 is 2.08 bits per heavy atom. The van der Waals surface area contributed by atoms with E-state index in [9.17, 15) is 10.1 Å². The first-order chi connectivity index (χ1) is 6.22. The molecule has 0 saturated heterocycles. The lowest BCUT2D eigenvalue weighted by Gasteiger charge is -2.02. The second-order valence-electron chi connectivity index (χ2n) is 2.49. The Hall–Kier alpha value is -1.62. The van der Waals surface area contributed by atoms with Crippen molar-refractivity contribution in [1.29, 1.82) is 0 Å². The molecule has 5 nitrogen and oxygen atoms in total. The van der Waals surface area contributed by atoms with Gasteiger partial charge in [0.15, 0.2) is 0 Å². The van der Waals surface area contributed by atoms with Crippen LogP contribution in [0.2, 0.25) is 0 Å². The van der Waals surface area contributed by atoms with Crippen LogP contribution in [0.4, 0.5) is 5.69 Å². The molecule has 0 aliphatic heterocycles. The van der Waals surface area contributed by atoms with Gasteiger partial charge in [-0.3, -0.25) is 20.4 Å². The summed E-state index contributed by atoms with van der Waals surface area (Å²) in [7, 11) is 1.50. The first-order valence-electron chi connectivity index (χ1n) is 3.72. The fourth-order valence-corrected chi connectivity index (χ4v) is 0.945. The monoisotopic (exact) mass is 182 g/mol. The number of anilines is 1. The molecule has 1 rings (SSSR count). The lowest BCUT2D eigenvalue weighted by Crippen LogP contribution is -1.99. The van der Waals surface area contributed by atoms with Gasteiger partial charge in [0, 0.05) is 10.5 Å². The van der Waals surface area contributed by atoms with E-state index in [1.807, 2.05) is 0 Å². The van der Waals surface area contributed by atoms with Crippen molar-refractivity contribution in [2.45, 2.75) is 6.54 Å². The highest BCUT2D eigenvalue weighted by atomic mass is 16.6. The van der Waals surface area contributed by atoms with Gasteiger partial charge in [0.05, 0.1) is 12.8 Å². The van der Waals surface area contributed by atoms with E-state index < -0.39 is 0 Å². The maximum Gasteiger partial charge on any atom is 0.228 e. The first kappa shape index (κ1) is 9.47. The maximum atomic E-state index is 10.1. The van der Waals surface area contributed by atoms with E-state index in [0.717, 1.165) is 5.69 Å². The van der Waals surface area contributed by atoms with E-state index in [1.54, 1.807) is 24.3 Å². The number of nitro groups is 1. The van der Waals surface area contributed by atoms with Crippen molar-refractivity contribution in [1.82, 2.24) is 0 Å². The summed E-state index contributed by atoms with van der Waals surface area (Å²) in [5, 5.41) is 10.1. The van der Waals surface area contributed by atoms with Gasteiger partial charge in [-0.15, -0.1) is 0 Å². The number of rotatable bonds is 4. The van der Waals surface area contributed by atoms with Crippen LogP contribution in [0.5, 0.6) is 0 Å². The van der Waals surface area contributed by atoms with Gasteiger partial charge < -0.3 is 0 Å². The standard InChI is InChI=1S/C8H10N2O3/c1-13-9-8-4-2-7(3-5-8)6-10(11)12/h2-5,9H,6H2,1H3. The Bertz CT molecular complexity index is 284. The Labute approximate surface area is 75.4 Å². The van der Waals surface area contributed by atoms with Crippen molar-refractivity contribution in [3.8, 4) is 0 Å². The van der Waals surface area contributed by atoms with Crippen molar-refractivity contribution in [2.24, 2.45) is 0 Å². The van der Waals surface area contributed by atoms with Crippen LogP contribution < -0.4 is 5.48 Å². The van der Waals surface area contributed by atoms with Crippen molar-refractivity contribution in [3.63, 3.8) is 0 Å². The van der Waals surface area contributed by atoms with E-state index in [-0.39, 0.29) is 11.5 Å². The second-order valence-corrected chi connectivity index (χ2v) is 2.49. The number of nitrogens with one attached hydrogen (secondary N) is 1. The van der Waals surface area contributed by atoms with Crippen molar-refractivity contribution >= 4 is 5.69 Å². The molecule has 0 bridgehead atoms. The van der Waals surface area contributed by atoms with Crippen LogP contribution in [-0.4, -0.2) is 12.0 Å². The fraction of sp³-hybridized carbons (Fsp3) is 0.250. The average Bonchev–Trinajstić information content (AvgIpc) is 2.08.